The third-order valence-electron chi connectivity index (χ3n) is 3.52. The average molecular weight is 312 g/mol. The number of para-hydroxylation sites is 1. The molecule has 0 amide bonds. The van der Waals surface area contributed by atoms with E-state index in [-0.39, 0.29) is 0 Å². The molecule has 1 unspecified atom stereocenters. The number of sulfonamides is 1. The maximum absolute atomic E-state index is 12.3. The van der Waals surface area contributed by atoms with Gasteiger partial charge in [0.25, 0.3) is 0 Å². The van der Waals surface area contributed by atoms with Gasteiger partial charge in [-0.15, -0.1) is 0 Å². The molecule has 1 saturated heterocycles. The highest BCUT2D eigenvalue weighted by atomic mass is 32.2. The van der Waals surface area contributed by atoms with Gasteiger partial charge in [0.2, 0.25) is 10.0 Å². The minimum absolute atomic E-state index is 0.305. The van der Waals surface area contributed by atoms with Gasteiger partial charge in [-0.1, -0.05) is 19.1 Å². The van der Waals surface area contributed by atoms with Crippen LogP contribution in [-0.2, 0) is 14.8 Å². The molecule has 2 N–H and O–H groups in total. The van der Waals surface area contributed by atoms with E-state index in [1.54, 1.807) is 18.2 Å². The highest BCUT2D eigenvalue weighted by molar-refractivity contribution is 7.89. The number of ether oxygens (including phenoxy) is 1. The van der Waals surface area contributed by atoms with Crippen LogP contribution in [0.2, 0.25) is 0 Å². The second-order valence-electron chi connectivity index (χ2n) is 5.24. The van der Waals surface area contributed by atoms with Gasteiger partial charge in [0.05, 0.1) is 11.8 Å². The van der Waals surface area contributed by atoms with E-state index in [2.05, 4.69) is 10.0 Å². The van der Waals surface area contributed by atoms with Crippen molar-refractivity contribution in [2.75, 3.05) is 25.0 Å². The Balaban J connectivity index is 1.99. The monoisotopic (exact) mass is 312 g/mol. The third-order valence-corrected chi connectivity index (χ3v) is 5.04. The molecule has 21 heavy (non-hydrogen) atoms. The molecule has 6 heteroatoms. The van der Waals surface area contributed by atoms with Crippen molar-refractivity contribution in [1.29, 1.82) is 0 Å². The lowest BCUT2D eigenvalue weighted by atomic mass is 10.2. The maximum Gasteiger partial charge on any atom is 0.242 e. The predicted molar refractivity (Wildman–Crippen MR) is 84.0 cm³/mol. The standard InChI is InChI=1S/C15H24N2O3S/c1-2-10-17-21(18,19)15-8-4-3-7-14(15)16-11-9-13-6-5-12-20-13/h3-4,7-8,13,16-17H,2,5-6,9-12H2,1H3. The van der Waals surface area contributed by atoms with Crippen molar-refractivity contribution in [3.8, 4) is 0 Å². The van der Waals surface area contributed by atoms with Gasteiger partial charge in [0.1, 0.15) is 4.90 Å². The van der Waals surface area contributed by atoms with E-state index in [4.69, 9.17) is 4.74 Å². The Hall–Kier alpha value is -1.11. The Morgan fingerprint density at radius 2 is 2.10 bits per heavy atom. The molecule has 0 saturated carbocycles. The highest BCUT2D eigenvalue weighted by Gasteiger charge is 2.18. The fourth-order valence-electron chi connectivity index (χ4n) is 2.40. The number of nitrogens with one attached hydrogen (secondary N) is 2. The van der Waals surface area contributed by atoms with E-state index in [9.17, 15) is 8.42 Å². The molecular weight excluding hydrogens is 288 g/mol. The second-order valence-corrected chi connectivity index (χ2v) is 6.98. The van der Waals surface area contributed by atoms with Crippen LogP contribution in [0.3, 0.4) is 0 Å². The first-order valence-electron chi connectivity index (χ1n) is 7.57. The van der Waals surface area contributed by atoms with E-state index in [0.29, 0.717) is 29.8 Å². The number of hydrogen-bond donors (Lipinski definition) is 2. The summed E-state index contributed by atoms with van der Waals surface area (Å²) in [5.41, 5.74) is 0.652. The van der Waals surface area contributed by atoms with Gasteiger partial charge in [-0.2, -0.15) is 0 Å². The average Bonchev–Trinajstić information content (AvgIpc) is 2.99. The smallest absolute Gasteiger partial charge is 0.242 e. The zero-order chi connectivity index (χ0) is 15.1. The molecule has 1 aromatic rings. The SMILES string of the molecule is CCCNS(=O)(=O)c1ccccc1NCCC1CCCO1. The summed E-state index contributed by atoms with van der Waals surface area (Å²) in [6.07, 6.45) is 4.19. The first-order chi connectivity index (χ1) is 10.1. The summed E-state index contributed by atoms with van der Waals surface area (Å²) in [7, 11) is -3.45. The first kappa shape index (κ1) is 16.3. The summed E-state index contributed by atoms with van der Waals surface area (Å²) in [5, 5.41) is 3.22. The van der Waals surface area contributed by atoms with Crippen LogP contribution in [0.4, 0.5) is 5.69 Å². The second kappa shape index (κ2) is 7.77. The number of hydrogen-bond acceptors (Lipinski definition) is 4. The molecule has 1 fully saturated rings. The van der Waals surface area contributed by atoms with E-state index in [1.165, 1.54) is 0 Å². The molecule has 0 radical (unpaired) electrons. The van der Waals surface area contributed by atoms with Crippen LogP contribution in [-0.4, -0.2) is 34.2 Å². The molecule has 1 atom stereocenters. The minimum atomic E-state index is -3.45. The van der Waals surface area contributed by atoms with Gasteiger partial charge < -0.3 is 10.1 Å². The number of benzene rings is 1. The first-order valence-corrected chi connectivity index (χ1v) is 9.06. The highest BCUT2D eigenvalue weighted by Crippen LogP contribution is 2.21. The Labute approximate surface area is 127 Å². The van der Waals surface area contributed by atoms with Crippen molar-refractivity contribution < 1.29 is 13.2 Å². The van der Waals surface area contributed by atoms with Gasteiger partial charge in [-0.25, -0.2) is 13.1 Å². The molecule has 0 spiro atoms. The largest absolute Gasteiger partial charge is 0.384 e. The minimum Gasteiger partial charge on any atom is -0.384 e. The summed E-state index contributed by atoms with van der Waals surface area (Å²) in [4.78, 5) is 0.311. The van der Waals surface area contributed by atoms with Crippen molar-refractivity contribution in [3.05, 3.63) is 24.3 Å². The summed E-state index contributed by atoms with van der Waals surface area (Å²) < 4.78 is 32.7. The Bertz CT molecular complexity index is 540. The molecule has 1 aliphatic rings. The van der Waals surface area contributed by atoms with Gasteiger partial charge in [-0.05, 0) is 37.8 Å². The molecular formula is C15H24N2O3S. The summed E-state index contributed by atoms with van der Waals surface area (Å²) in [6.45, 7) is 3.95. The van der Waals surface area contributed by atoms with Crippen LogP contribution in [0.1, 0.15) is 32.6 Å². The fourth-order valence-corrected chi connectivity index (χ4v) is 3.72. The zero-order valence-electron chi connectivity index (χ0n) is 12.5. The quantitative estimate of drug-likeness (QED) is 0.773. The molecule has 0 aliphatic carbocycles. The molecule has 1 aliphatic heterocycles. The molecule has 5 nitrogen and oxygen atoms in total. The van der Waals surface area contributed by atoms with E-state index in [0.717, 1.165) is 32.3 Å². The lowest BCUT2D eigenvalue weighted by molar-refractivity contribution is 0.107. The molecule has 1 aromatic carbocycles. The normalized spacial score (nSPS) is 18.8. The Morgan fingerprint density at radius 1 is 1.29 bits per heavy atom. The van der Waals surface area contributed by atoms with Gasteiger partial charge >= 0.3 is 0 Å². The van der Waals surface area contributed by atoms with Crippen molar-refractivity contribution in [2.45, 2.75) is 43.6 Å². The number of rotatable bonds is 8. The topological polar surface area (TPSA) is 67.4 Å². The van der Waals surface area contributed by atoms with Crippen molar-refractivity contribution in [2.24, 2.45) is 0 Å². The molecule has 0 bridgehead atoms. The van der Waals surface area contributed by atoms with E-state index >= 15 is 0 Å². The summed E-state index contributed by atoms with van der Waals surface area (Å²) >= 11 is 0. The van der Waals surface area contributed by atoms with Crippen LogP contribution in [0.5, 0.6) is 0 Å². The molecule has 2 rings (SSSR count). The van der Waals surface area contributed by atoms with Crippen LogP contribution in [0, 0.1) is 0 Å². The van der Waals surface area contributed by atoms with Crippen LogP contribution < -0.4 is 10.0 Å². The lowest BCUT2D eigenvalue weighted by Crippen LogP contribution is -2.25. The summed E-state index contributed by atoms with van der Waals surface area (Å²) in [6, 6.07) is 7.02. The third kappa shape index (κ3) is 4.69. The van der Waals surface area contributed by atoms with Crippen LogP contribution in [0.25, 0.3) is 0 Å². The van der Waals surface area contributed by atoms with Crippen molar-refractivity contribution in [3.63, 3.8) is 0 Å². The number of anilines is 1. The Kier molecular flexibility index (Phi) is 6.02. The van der Waals surface area contributed by atoms with Gasteiger partial charge in [-0.3, -0.25) is 0 Å². The van der Waals surface area contributed by atoms with Crippen LogP contribution in [0.15, 0.2) is 29.2 Å². The molecule has 1 heterocycles. The maximum atomic E-state index is 12.3. The van der Waals surface area contributed by atoms with Gasteiger partial charge in [0.15, 0.2) is 0 Å². The van der Waals surface area contributed by atoms with Crippen LogP contribution >= 0.6 is 0 Å². The zero-order valence-corrected chi connectivity index (χ0v) is 13.3. The van der Waals surface area contributed by atoms with Gasteiger partial charge in [0, 0.05) is 19.7 Å². The molecule has 118 valence electrons. The van der Waals surface area contributed by atoms with Crippen molar-refractivity contribution in [1.82, 2.24) is 4.72 Å². The van der Waals surface area contributed by atoms with Crippen molar-refractivity contribution >= 4 is 15.7 Å². The van der Waals surface area contributed by atoms with E-state index in [1.807, 2.05) is 13.0 Å². The predicted octanol–water partition coefficient (Wildman–Crippen LogP) is 2.36. The molecule has 0 aromatic heterocycles. The fraction of sp³-hybridized carbons (Fsp3) is 0.600. The van der Waals surface area contributed by atoms with E-state index < -0.39 is 10.0 Å². The lowest BCUT2D eigenvalue weighted by Gasteiger charge is -2.14. The Morgan fingerprint density at radius 3 is 2.81 bits per heavy atom. The summed E-state index contributed by atoms with van der Waals surface area (Å²) in [5.74, 6) is 0.